The van der Waals surface area contributed by atoms with E-state index in [-0.39, 0.29) is 6.61 Å². The van der Waals surface area contributed by atoms with E-state index in [1.165, 1.54) is 12.8 Å². The molecule has 1 aliphatic rings. The second-order valence-electron chi connectivity index (χ2n) is 4.36. The molecular formula is C11H18N2OS. The van der Waals surface area contributed by atoms with Gasteiger partial charge in [0, 0.05) is 13.1 Å². The lowest BCUT2D eigenvalue weighted by atomic mass is 10.0. The largest absolute Gasteiger partial charge is 0.391 e. The lowest BCUT2D eigenvalue weighted by Crippen LogP contribution is -2.34. The topological polar surface area (TPSA) is 36.4 Å². The molecule has 0 aromatic carbocycles. The Morgan fingerprint density at radius 3 is 3.00 bits per heavy atom. The molecular weight excluding hydrogens is 208 g/mol. The average molecular weight is 226 g/mol. The van der Waals surface area contributed by atoms with E-state index >= 15 is 0 Å². The second kappa shape index (κ2) is 4.49. The van der Waals surface area contributed by atoms with Gasteiger partial charge in [-0.25, -0.2) is 4.98 Å². The van der Waals surface area contributed by atoms with Crippen molar-refractivity contribution in [1.29, 1.82) is 0 Å². The fourth-order valence-corrected chi connectivity index (χ4v) is 3.01. The van der Waals surface area contributed by atoms with Gasteiger partial charge < -0.3 is 10.0 Å². The van der Waals surface area contributed by atoms with Crippen molar-refractivity contribution >= 4 is 16.5 Å². The van der Waals surface area contributed by atoms with Gasteiger partial charge >= 0.3 is 0 Å². The molecule has 1 aliphatic heterocycles. The van der Waals surface area contributed by atoms with Gasteiger partial charge in [-0.3, -0.25) is 0 Å². The third-order valence-corrected chi connectivity index (χ3v) is 4.16. The first-order valence-corrected chi connectivity index (χ1v) is 6.34. The minimum atomic E-state index is 0.118. The van der Waals surface area contributed by atoms with Crippen LogP contribution in [0.15, 0.2) is 0 Å². The molecule has 0 radical (unpaired) electrons. The molecule has 2 heterocycles. The standard InChI is InChI=1S/C11H18N2OS/c1-8-4-3-5-13(6-8)11-12-9(2)10(7-14)15-11/h8,14H,3-7H2,1-2H3. The van der Waals surface area contributed by atoms with Gasteiger partial charge in [0.1, 0.15) is 0 Å². The summed E-state index contributed by atoms with van der Waals surface area (Å²) in [6.45, 7) is 6.60. The number of aryl methyl sites for hydroxylation is 1. The molecule has 1 atom stereocenters. The number of aliphatic hydroxyl groups is 1. The van der Waals surface area contributed by atoms with Crippen LogP contribution < -0.4 is 4.90 Å². The van der Waals surface area contributed by atoms with E-state index in [1.54, 1.807) is 11.3 Å². The van der Waals surface area contributed by atoms with Crippen molar-refractivity contribution in [2.24, 2.45) is 5.92 Å². The van der Waals surface area contributed by atoms with Gasteiger partial charge in [0.2, 0.25) is 0 Å². The first-order valence-electron chi connectivity index (χ1n) is 5.53. The molecule has 0 amide bonds. The Balaban J connectivity index is 2.14. The summed E-state index contributed by atoms with van der Waals surface area (Å²) >= 11 is 1.63. The lowest BCUT2D eigenvalue weighted by Gasteiger charge is -2.30. The normalized spacial score (nSPS) is 22.1. The summed E-state index contributed by atoms with van der Waals surface area (Å²) in [6.07, 6.45) is 2.59. The van der Waals surface area contributed by atoms with Crippen LogP contribution in [-0.4, -0.2) is 23.2 Å². The molecule has 0 saturated carbocycles. The van der Waals surface area contributed by atoms with Gasteiger partial charge in [0.15, 0.2) is 5.13 Å². The Morgan fingerprint density at radius 1 is 1.60 bits per heavy atom. The monoisotopic (exact) mass is 226 g/mol. The van der Waals surface area contributed by atoms with Gasteiger partial charge in [-0.15, -0.1) is 0 Å². The molecule has 0 bridgehead atoms. The van der Waals surface area contributed by atoms with Gasteiger partial charge in [-0.2, -0.15) is 0 Å². The molecule has 2 rings (SSSR count). The van der Waals surface area contributed by atoms with Crippen molar-refractivity contribution < 1.29 is 5.11 Å². The lowest BCUT2D eigenvalue weighted by molar-refractivity contribution is 0.284. The summed E-state index contributed by atoms with van der Waals surface area (Å²) in [5, 5.41) is 10.2. The summed E-state index contributed by atoms with van der Waals surface area (Å²) < 4.78 is 0. The Bertz CT molecular complexity index is 337. The quantitative estimate of drug-likeness (QED) is 0.839. The molecule has 3 nitrogen and oxygen atoms in total. The highest BCUT2D eigenvalue weighted by Crippen LogP contribution is 2.29. The maximum Gasteiger partial charge on any atom is 0.185 e. The number of aliphatic hydroxyl groups excluding tert-OH is 1. The van der Waals surface area contributed by atoms with Gasteiger partial charge in [-0.1, -0.05) is 18.3 Å². The zero-order chi connectivity index (χ0) is 10.8. The number of piperidine rings is 1. The van der Waals surface area contributed by atoms with Crippen LogP contribution in [0, 0.1) is 12.8 Å². The highest BCUT2D eigenvalue weighted by Gasteiger charge is 2.19. The number of thiazole rings is 1. The zero-order valence-electron chi connectivity index (χ0n) is 9.36. The molecule has 1 N–H and O–H groups in total. The van der Waals surface area contributed by atoms with Crippen LogP contribution in [0.3, 0.4) is 0 Å². The molecule has 1 fully saturated rings. The van der Waals surface area contributed by atoms with Crippen LogP contribution in [0.4, 0.5) is 5.13 Å². The van der Waals surface area contributed by atoms with Crippen molar-refractivity contribution in [2.45, 2.75) is 33.3 Å². The molecule has 0 aliphatic carbocycles. The Hall–Kier alpha value is -0.610. The van der Waals surface area contributed by atoms with Crippen LogP contribution in [-0.2, 0) is 6.61 Å². The minimum absolute atomic E-state index is 0.118. The van der Waals surface area contributed by atoms with Crippen LogP contribution in [0.5, 0.6) is 0 Å². The number of aromatic nitrogens is 1. The SMILES string of the molecule is Cc1nc(N2CCCC(C)C2)sc1CO. The van der Waals surface area contributed by atoms with Crippen LogP contribution in [0.1, 0.15) is 30.3 Å². The second-order valence-corrected chi connectivity index (χ2v) is 5.42. The summed E-state index contributed by atoms with van der Waals surface area (Å²) in [7, 11) is 0. The molecule has 1 aromatic rings. The van der Waals surface area contributed by atoms with Crippen molar-refractivity contribution in [3.8, 4) is 0 Å². The maximum atomic E-state index is 9.13. The first kappa shape index (κ1) is 10.9. The van der Waals surface area contributed by atoms with Gasteiger partial charge in [-0.05, 0) is 25.7 Å². The first-order chi connectivity index (χ1) is 7.20. The predicted octanol–water partition coefficient (Wildman–Crippen LogP) is 2.18. The molecule has 15 heavy (non-hydrogen) atoms. The number of hydrogen-bond donors (Lipinski definition) is 1. The van der Waals surface area contributed by atoms with Crippen molar-refractivity contribution in [1.82, 2.24) is 4.98 Å². The predicted molar refractivity (Wildman–Crippen MR) is 63.4 cm³/mol. The number of anilines is 1. The highest BCUT2D eigenvalue weighted by atomic mass is 32.1. The smallest absolute Gasteiger partial charge is 0.185 e. The van der Waals surface area contributed by atoms with E-state index in [2.05, 4.69) is 16.8 Å². The van der Waals surface area contributed by atoms with E-state index in [1.807, 2.05) is 6.92 Å². The summed E-state index contributed by atoms with van der Waals surface area (Å²) in [5.41, 5.74) is 0.982. The van der Waals surface area contributed by atoms with Gasteiger partial charge in [0.25, 0.3) is 0 Å². The van der Waals surface area contributed by atoms with Crippen LogP contribution in [0.2, 0.25) is 0 Å². The van der Waals surface area contributed by atoms with Crippen molar-refractivity contribution in [2.75, 3.05) is 18.0 Å². The summed E-state index contributed by atoms with van der Waals surface area (Å²) in [4.78, 5) is 7.88. The van der Waals surface area contributed by atoms with E-state index in [4.69, 9.17) is 5.11 Å². The van der Waals surface area contributed by atoms with E-state index in [9.17, 15) is 0 Å². The Kier molecular flexibility index (Phi) is 3.26. The molecule has 84 valence electrons. The van der Waals surface area contributed by atoms with E-state index in [0.717, 1.165) is 34.7 Å². The number of hydrogen-bond acceptors (Lipinski definition) is 4. The highest BCUT2D eigenvalue weighted by molar-refractivity contribution is 7.15. The fraction of sp³-hybridized carbons (Fsp3) is 0.727. The molecule has 4 heteroatoms. The van der Waals surface area contributed by atoms with E-state index < -0.39 is 0 Å². The zero-order valence-corrected chi connectivity index (χ0v) is 10.2. The summed E-state index contributed by atoms with van der Waals surface area (Å²) in [5.74, 6) is 0.764. The fourth-order valence-electron chi connectivity index (χ4n) is 2.06. The number of nitrogens with zero attached hydrogens (tertiary/aromatic N) is 2. The minimum Gasteiger partial charge on any atom is -0.391 e. The van der Waals surface area contributed by atoms with Crippen molar-refractivity contribution in [3.63, 3.8) is 0 Å². The molecule has 1 saturated heterocycles. The summed E-state index contributed by atoms with van der Waals surface area (Å²) in [6, 6.07) is 0. The Morgan fingerprint density at radius 2 is 2.40 bits per heavy atom. The maximum absolute atomic E-state index is 9.13. The van der Waals surface area contributed by atoms with Crippen LogP contribution in [0.25, 0.3) is 0 Å². The molecule has 1 unspecified atom stereocenters. The third-order valence-electron chi connectivity index (χ3n) is 2.95. The molecule has 1 aromatic heterocycles. The Labute approximate surface area is 94.8 Å². The van der Waals surface area contributed by atoms with E-state index in [0.29, 0.717) is 0 Å². The molecule has 0 spiro atoms. The van der Waals surface area contributed by atoms with Crippen LogP contribution >= 0.6 is 11.3 Å². The van der Waals surface area contributed by atoms with Crippen molar-refractivity contribution in [3.05, 3.63) is 10.6 Å². The van der Waals surface area contributed by atoms with Gasteiger partial charge in [0.05, 0.1) is 17.2 Å². The average Bonchev–Trinajstić information content (AvgIpc) is 2.60. The third kappa shape index (κ3) is 2.32. The number of rotatable bonds is 2.